The summed E-state index contributed by atoms with van der Waals surface area (Å²) in [6.07, 6.45) is 5.27. The van der Waals surface area contributed by atoms with Crippen LogP contribution in [0.25, 0.3) is 0 Å². The summed E-state index contributed by atoms with van der Waals surface area (Å²) in [5, 5.41) is 8.12. The molecule has 120 valence electrons. The fourth-order valence-electron chi connectivity index (χ4n) is 3.05. The van der Waals surface area contributed by atoms with Crippen molar-refractivity contribution >= 4 is 11.9 Å². The van der Waals surface area contributed by atoms with Crippen molar-refractivity contribution in [2.45, 2.75) is 31.3 Å². The molecule has 0 bridgehead atoms. The lowest BCUT2D eigenvalue weighted by Gasteiger charge is -2.33. The maximum Gasteiger partial charge on any atom is 0.315 e. The van der Waals surface area contributed by atoms with Gasteiger partial charge in [-0.1, -0.05) is 6.42 Å². The monoisotopic (exact) mass is 306 g/mol. The van der Waals surface area contributed by atoms with E-state index in [0.29, 0.717) is 13.1 Å². The lowest BCUT2D eigenvalue weighted by molar-refractivity contribution is -0.122. The zero-order valence-corrected chi connectivity index (χ0v) is 12.5. The molecule has 0 aromatic carbocycles. The molecule has 7 heteroatoms. The van der Waals surface area contributed by atoms with E-state index in [4.69, 9.17) is 4.42 Å². The molecule has 1 aromatic rings. The number of nitrogens with one attached hydrogen (secondary N) is 3. The third kappa shape index (κ3) is 3.41. The van der Waals surface area contributed by atoms with Gasteiger partial charge in [0, 0.05) is 13.1 Å². The minimum absolute atomic E-state index is 0.0457. The predicted octanol–water partition coefficient (Wildman–Crippen LogP) is 0.604. The van der Waals surface area contributed by atoms with Crippen LogP contribution in [0.3, 0.4) is 0 Å². The van der Waals surface area contributed by atoms with E-state index in [-0.39, 0.29) is 18.0 Å². The Bertz CT molecular complexity index is 511. The molecule has 2 aliphatic rings. The van der Waals surface area contributed by atoms with E-state index in [9.17, 15) is 9.59 Å². The average Bonchev–Trinajstić information content (AvgIpc) is 3.20. The Morgan fingerprint density at radius 1 is 1.41 bits per heavy atom. The number of nitrogens with zero attached hydrogens (tertiary/aromatic N) is 1. The number of rotatable bonds is 5. The van der Waals surface area contributed by atoms with Crippen LogP contribution < -0.4 is 16.0 Å². The van der Waals surface area contributed by atoms with Gasteiger partial charge in [-0.2, -0.15) is 0 Å². The molecule has 2 saturated heterocycles. The summed E-state index contributed by atoms with van der Waals surface area (Å²) in [5.74, 6) is 0.711. The third-order valence-electron chi connectivity index (χ3n) is 4.26. The lowest BCUT2D eigenvalue weighted by atomic mass is 10.1. The summed E-state index contributed by atoms with van der Waals surface area (Å²) in [6, 6.07) is 3.08. The molecule has 3 N–H and O–H groups in total. The van der Waals surface area contributed by atoms with E-state index in [0.717, 1.165) is 18.8 Å². The minimum Gasteiger partial charge on any atom is -0.468 e. The van der Waals surface area contributed by atoms with Crippen LogP contribution in [0, 0.1) is 0 Å². The molecular weight excluding hydrogens is 284 g/mol. The van der Waals surface area contributed by atoms with Crippen molar-refractivity contribution in [3.8, 4) is 0 Å². The summed E-state index contributed by atoms with van der Waals surface area (Å²) in [7, 11) is 0. The summed E-state index contributed by atoms with van der Waals surface area (Å²) in [4.78, 5) is 25.6. The Kier molecular flexibility index (Phi) is 4.62. The van der Waals surface area contributed by atoms with Crippen molar-refractivity contribution in [1.82, 2.24) is 20.9 Å². The summed E-state index contributed by atoms with van der Waals surface area (Å²) >= 11 is 0. The summed E-state index contributed by atoms with van der Waals surface area (Å²) in [5.41, 5.74) is 0. The first kappa shape index (κ1) is 14.9. The summed E-state index contributed by atoms with van der Waals surface area (Å²) in [6.45, 7) is 2.85. The Labute approximate surface area is 129 Å². The van der Waals surface area contributed by atoms with E-state index in [1.54, 1.807) is 6.26 Å². The topological polar surface area (TPSA) is 86.6 Å². The van der Waals surface area contributed by atoms with Crippen LogP contribution in [0.1, 0.15) is 31.1 Å². The zero-order valence-electron chi connectivity index (χ0n) is 12.5. The normalized spacial score (nSPS) is 23.6. The SMILES string of the molecule is O=C1NC[C@@H](C(=O)NC[C@H](c2ccco2)N2CCCCC2)N1. The highest BCUT2D eigenvalue weighted by molar-refractivity contribution is 5.90. The van der Waals surface area contributed by atoms with Crippen LogP contribution in [0.4, 0.5) is 4.79 Å². The van der Waals surface area contributed by atoms with E-state index >= 15 is 0 Å². The number of hydrogen-bond donors (Lipinski definition) is 3. The van der Waals surface area contributed by atoms with Crippen molar-refractivity contribution in [1.29, 1.82) is 0 Å². The van der Waals surface area contributed by atoms with Crippen molar-refractivity contribution in [3.05, 3.63) is 24.2 Å². The first-order valence-corrected chi connectivity index (χ1v) is 7.83. The van der Waals surface area contributed by atoms with Crippen LogP contribution in [0.5, 0.6) is 0 Å². The number of carbonyl (C=O) groups is 2. The fourth-order valence-corrected chi connectivity index (χ4v) is 3.05. The van der Waals surface area contributed by atoms with Gasteiger partial charge in [0.2, 0.25) is 5.91 Å². The van der Waals surface area contributed by atoms with Gasteiger partial charge in [-0.15, -0.1) is 0 Å². The molecule has 3 rings (SSSR count). The third-order valence-corrected chi connectivity index (χ3v) is 4.26. The molecule has 2 aliphatic heterocycles. The number of carbonyl (C=O) groups excluding carboxylic acids is 2. The highest BCUT2D eigenvalue weighted by atomic mass is 16.3. The first-order valence-electron chi connectivity index (χ1n) is 7.83. The summed E-state index contributed by atoms with van der Waals surface area (Å²) < 4.78 is 5.55. The standard InChI is InChI=1S/C15H22N4O3/c20-14(11-9-17-15(21)18-11)16-10-12(13-5-4-8-22-13)19-6-2-1-3-7-19/h4-5,8,11-12H,1-3,6-7,9-10H2,(H,16,20)(H2,17,18,21)/t11-,12+/m0/s1. The zero-order chi connectivity index (χ0) is 15.4. The van der Waals surface area contributed by atoms with Crippen LogP contribution in [0.2, 0.25) is 0 Å². The van der Waals surface area contributed by atoms with Gasteiger partial charge in [-0.05, 0) is 38.1 Å². The molecule has 0 spiro atoms. The van der Waals surface area contributed by atoms with Crippen LogP contribution in [-0.4, -0.2) is 49.1 Å². The molecule has 7 nitrogen and oxygen atoms in total. The minimum atomic E-state index is -0.494. The maximum absolute atomic E-state index is 12.1. The largest absolute Gasteiger partial charge is 0.468 e. The second kappa shape index (κ2) is 6.83. The Balaban J connectivity index is 1.60. The smallest absolute Gasteiger partial charge is 0.315 e. The van der Waals surface area contributed by atoms with Crippen LogP contribution in [-0.2, 0) is 4.79 Å². The molecule has 3 heterocycles. The molecule has 0 saturated carbocycles. The van der Waals surface area contributed by atoms with Crippen molar-refractivity contribution in [2.24, 2.45) is 0 Å². The number of furan rings is 1. The van der Waals surface area contributed by atoms with Gasteiger partial charge in [0.05, 0.1) is 12.3 Å². The molecule has 0 radical (unpaired) electrons. The lowest BCUT2D eigenvalue weighted by Crippen LogP contribution is -2.46. The van der Waals surface area contributed by atoms with Gasteiger partial charge in [0.15, 0.2) is 0 Å². The van der Waals surface area contributed by atoms with Crippen molar-refractivity contribution < 1.29 is 14.0 Å². The van der Waals surface area contributed by atoms with E-state index < -0.39 is 6.04 Å². The van der Waals surface area contributed by atoms with Crippen LogP contribution in [0.15, 0.2) is 22.8 Å². The van der Waals surface area contributed by atoms with Gasteiger partial charge in [0.25, 0.3) is 0 Å². The maximum atomic E-state index is 12.1. The highest BCUT2D eigenvalue weighted by Crippen LogP contribution is 2.24. The van der Waals surface area contributed by atoms with Crippen LogP contribution >= 0.6 is 0 Å². The second-order valence-corrected chi connectivity index (χ2v) is 5.78. The van der Waals surface area contributed by atoms with E-state index in [1.807, 2.05) is 12.1 Å². The first-order chi connectivity index (χ1) is 10.7. The molecule has 2 atom stereocenters. The molecule has 0 unspecified atom stereocenters. The number of likely N-dealkylation sites (tertiary alicyclic amines) is 1. The molecule has 2 fully saturated rings. The van der Waals surface area contributed by atoms with Gasteiger partial charge in [-0.25, -0.2) is 4.79 Å². The van der Waals surface area contributed by atoms with Gasteiger partial charge in [-0.3, -0.25) is 9.69 Å². The number of urea groups is 1. The molecule has 3 amide bonds. The Hall–Kier alpha value is -2.02. The highest BCUT2D eigenvalue weighted by Gasteiger charge is 2.29. The molecule has 22 heavy (non-hydrogen) atoms. The van der Waals surface area contributed by atoms with Gasteiger partial charge >= 0.3 is 6.03 Å². The number of piperidine rings is 1. The van der Waals surface area contributed by atoms with Gasteiger partial charge in [0.1, 0.15) is 11.8 Å². The fraction of sp³-hybridized carbons (Fsp3) is 0.600. The Morgan fingerprint density at radius 2 is 2.23 bits per heavy atom. The molecule has 1 aromatic heterocycles. The Morgan fingerprint density at radius 3 is 2.86 bits per heavy atom. The predicted molar refractivity (Wildman–Crippen MR) is 80.2 cm³/mol. The molecular formula is C15H22N4O3. The van der Waals surface area contributed by atoms with E-state index in [2.05, 4.69) is 20.9 Å². The van der Waals surface area contributed by atoms with Crippen molar-refractivity contribution in [3.63, 3.8) is 0 Å². The van der Waals surface area contributed by atoms with E-state index in [1.165, 1.54) is 19.3 Å². The number of hydrogen-bond acceptors (Lipinski definition) is 4. The van der Waals surface area contributed by atoms with Crippen molar-refractivity contribution in [2.75, 3.05) is 26.2 Å². The van der Waals surface area contributed by atoms with Gasteiger partial charge < -0.3 is 20.4 Å². The average molecular weight is 306 g/mol. The second-order valence-electron chi connectivity index (χ2n) is 5.78. The molecule has 0 aliphatic carbocycles. The number of amides is 3. The quantitative estimate of drug-likeness (QED) is 0.744.